The van der Waals surface area contributed by atoms with Crippen LogP contribution in [0.1, 0.15) is 78.2 Å². The highest BCUT2D eigenvalue weighted by molar-refractivity contribution is 7.46. The van der Waals surface area contributed by atoms with Gasteiger partial charge in [-0.2, -0.15) is 0 Å². The fourth-order valence-corrected chi connectivity index (χ4v) is 8.07. The van der Waals surface area contributed by atoms with E-state index in [1.807, 2.05) is 36.4 Å². The van der Waals surface area contributed by atoms with Crippen molar-refractivity contribution in [2.75, 3.05) is 13.1 Å². The molecule has 2 heterocycles. The number of amides is 8. The molecule has 0 bridgehead atoms. The van der Waals surface area contributed by atoms with Gasteiger partial charge >= 0.3 is 7.82 Å². The van der Waals surface area contributed by atoms with Crippen LogP contribution in [0, 0.1) is 5.92 Å². The zero-order valence-corrected chi connectivity index (χ0v) is 36.7. The van der Waals surface area contributed by atoms with Gasteiger partial charge in [-0.25, -0.2) is 4.57 Å². The van der Waals surface area contributed by atoms with Gasteiger partial charge in [-0.3, -0.25) is 42.9 Å². The van der Waals surface area contributed by atoms with Crippen LogP contribution in [0.25, 0.3) is 10.8 Å². The summed E-state index contributed by atoms with van der Waals surface area (Å²) in [7, 11) is -5.26. The molecule has 0 unspecified atom stereocenters. The number of nitrogens with one attached hydrogen (secondary N) is 6. The van der Waals surface area contributed by atoms with E-state index in [2.05, 4.69) is 31.9 Å². The summed E-state index contributed by atoms with van der Waals surface area (Å²) < 4.78 is 16.9. The third-order valence-electron chi connectivity index (χ3n) is 11.2. The number of nitrogens with zero attached hydrogens (tertiary/aromatic N) is 1. The molecule has 0 aromatic heterocycles. The van der Waals surface area contributed by atoms with E-state index in [1.54, 1.807) is 19.9 Å². The van der Waals surface area contributed by atoms with Gasteiger partial charge in [0.2, 0.25) is 47.3 Å². The molecule has 9 atom stereocenters. The molecule has 346 valence electrons. The van der Waals surface area contributed by atoms with Crippen LogP contribution in [0.4, 0.5) is 0 Å². The lowest BCUT2D eigenvalue weighted by Crippen LogP contribution is -2.62. The molecule has 2 saturated heterocycles. The van der Waals surface area contributed by atoms with Crippen LogP contribution in [-0.4, -0.2) is 123 Å². The normalized spacial score (nSPS) is 25.9. The van der Waals surface area contributed by atoms with Crippen LogP contribution in [0.2, 0.25) is 0 Å². The molecule has 0 aliphatic carbocycles. The Morgan fingerprint density at radius 3 is 2.05 bits per heavy atom. The van der Waals surface area contributed by atoms with Crippen molar-refractivity contribution < 1.29 is 57.2 Å². The number of hydrogen-bond donors (Lipinski definition) is 10. The van der Waals surface area contributed by atoms with Crippen LogP contribution in [0.5, 0.6) is 0 Å². The van der Waals surface area contributed by atoms with Crippen molar-refractivity contribution in [2.45, 2.75) is 127 Å². The lowest BCUT2D eigenvalue weighted by Gasteiger charge is -2.33. The van der Waals surface area contributed by atoms with Crippen LogP contribution in [-0.2, 0) is 53.9 Å². The van der Waals surface area contributed by atoms with Gasteiger partial charge in [-0.1, -0.05) is 62.7 Å². The Hall–Kier alpha value is -5.47. The molecule has 2 fully saturated rings. The highest BCUT2D eigenvalue weighted by Crippen LogP contribution is 2.38. The van der Waals surface area contributed by atoms with Crippen molar-refractivity contribution in [1.82, 2.24) is 36.8 Å². The second kappa shape index (κ2) is 22.8. The predicted molar refractivity (Wildman–Crippen MR) is 228 cm³/mol. The number of primary amides is 1. The number of rotatable bonds is 13. The Morgan fingerprint density at radius 2 is 1.41 bits per heavy atom. The smallest absolute Gasteiger partial charge is 0.370 e. The molecular formula is C41H60N9O12P. The van der Waals surface area contributed by atoms with Gasteiger partial charge in [-0.15, -0.1) is 0 Å². The van der Waals surface area contributed by atoms with Crippen molar-refractivity contribution in [3.63, 3.8) is 0 Å². The summed E-state index contributed by atoms with van der Waals surface area (Å²) in [4.78, 5) is 131. The number of carbonyl (C=O) groups is 8. The Bertz CT molecular complexity index is 2070. The Kier molecular flexibility index (Phi) is 18.1. The van der Waals surface area contributed by atoms with E-state index in [0.29, 0.717) is 18.4 Å². The average molecular weight is 902 g/mol. The monoisotopic (exact) mass is 901 g/mol. The van der Waals surface area contributed by atoms with Crippen molar-refractivity contribution >= 4 is 65.9 Å². The van der Waals surface area contributed by atoms with Crippen LogP contribution in [0.3, 0.4) is 0 Å². The zero-order chi connectivity index (χ0) is 46.6. The van der Waals surface area contributed by atoms with Crippen molar-refractivity contribution in [1.29, 1.82) is 0 Å². The highest BCUT2D eigenvalue weighted by Gasteiger charge is 2.43. The third-order valence-corrected chi connectivity index (χ3v) is 11.9. The number of fused-ring (bicyclic) bond motifs is 2. The minimum Gasteiger partial charge on any atom is -0.370 e. The maximum Gasteiger partial charge on any atom is 0.469 e. The molecule has 0 saturated carbocycles. The number of benzene rings is 2. The summed E-state index contributed by atoms with van der Waals surface area (Å²) in [5, 5.41) is 17.3. The summed E-state index contributed by atoms with van der Waals surface area (Å²) in [6.45, 7) is 5.91. The second-order valence-corrected chi connectivity index (χ2v) is 17.3. The lowest BCUT2D eigenvalue weighted by molar-refractivity contribution is -0.144. The second-order valence-electron chi connectivity index (χ2n) is 16.1. The molecule has 2 aromatic rings. The topological polar surface area (TPSA) is 331 Å². The maximum absolute atomic E-state index is 14.4. The van der Waals surface area contributed by atoms with E-state index in [0.717, 1.165) is 22.6 Å². The van der Waals surface area contributed by atoms with E-state index in [-0.39, 0.29) is 51.6 Å². The van der Waals surface area contributed by atoms with Gasteiger partial charge in [-0.05, 0) is 74.8 Å². The van der Waals surface area contributed by atoms with Gasteiger partial charge in [0, 0.05) is 19.4 Å². The summed E-state index contributed by atoms with van der Waals surface area (Å²) >= 11 is 0. The molecule has 2 aromatic carbocycles. The highest BCUT2D eigenvalue weighted by atomic mass is 31.2. The first-order valence-corrected chi connectivity index (χ1v) is 22.6. The number of nitrogens with two attached hydrogens (primary N) is 2. The molecule has 2 aliphatic rings. The first kappa shape index (κ1) is 50.2. The summed E-state index contributed by atoms with van der Waals surface area (Å²) in [5.74, 6) is -7.43. The quantitative estimate of drug-likeness (QED) is 0.107. The molecular weight excluding hydrogens is 841 g/mol. The number of phosphoric acid groups is 1. The molecule has 22 heteroatoms. The van der Waals surface area contributed by atoms with Crippen LogP contribution >= 0.6 is 7.82 Å². The minimum absolute atomic E-state index is 0.00707. The average Bonchev–Trinajstić information content (AvgIpc) is 3.73. The molecule has 12 N–H and O–H groups in total. The van der Waals surface area contributed by atoms with E-state index >= 15 is 0 Å². The third kappa shape index (κ3) is 14.3. The molecule has 63 heavy (non-hydrogen) atoms. The van der Waals surface area contributed by atoms with E-state index in [4.69, 9.17) is 16.0 Å². The molecule has 21 nitrogen and oxygen atoms in total. The Balaban J connectivity index is 1.83. The van der Waals surface area contributed by atoms with E-state index in [1.165, 1.54) is 6.92 Å². The van der Waals surface area contributed by atoms with Gasteiger partial charge in [0.15, 0.2) is 0 Å². The van der Waals surface area contributed by atoms with Crippen molar-refractivity contribution in [3.05, 3.63) is 48.0 Å². The van der Waals surface area contributed by atoms with Gasteiger partial charge in [0.05, 0.1) is 6.10 Å². The number of hydrogen-bond acceptors (Lipinski definition) is 11. The Morgan fingerprint density at radius 1 is 0.810 bits per heavy atom. The summed E-state index contributed by atoms with van der Waals surface area (Å²) in [6, 6.07) is 3.09. The summed E-state index contributed by atoms with van der Waals surface area (Å²) in [6.07, 6.45) is -1.44. The zero-order valence-electron chi connectivity index (χ0n) is 35.8. The van der Waals surface area contributed by atoms with Gasteiger partial charge < -0.3 is 58.1 Å². The SMILES string of the molecule is CC[C@H](C)[C@@H]1NC(=O)[C@@H](C)NC(=O)[C@H](CCC(N)=O)NC(=O)[C@H](CCCN)NC(=O)[C@H](Cc2ccc3ccccc3c2)NC(=O)[C@@H]2CCCN2C(=O)[C@@H]([C@@H](C)OP(=O)(O)O)NC1=O. The van der Waals surface area contributed by atoms with E-state index < -0.39 is 109 Å². The first-order chi connectivity index (χ1) is 29.7. The fraction of sp³-hybridized carbons (Fsp3) is 0.561. The van der Waals surface area contributed by atoms with Gasteiger partial charge in [0.25, 0.3) is 0 Å². The van der Waals surface area contributed by atoms with Crippen molar-refractivity contribution in [3.8, 4) is 0 Å². The lowest BCUT2D eigenvalue weighted by atomic mass is 9.97. The maximum atomic E-state index is 14.4. The van der Waals surface area contributed by atoms with E-state index in [9.17, 15) is 52.7 Å². The molecule has 0 radical (unpaired) electrons. The Labute approximate surface area is 365 Å². The summed E-state index contributed by atoms with van der Waals surface area (Å²) in [5.41, 5.74) is 11.8. The number of phosphoric ester groups is 1. The van der Waals surface area contributed by atoms with Crippen molar-refractivity contribution in [2.24, 2.45) is 17.4 Å². The first-order valence-electron chi connectivity index (χ1n) is 21.1. The largest absolute Gasteiger partial charge is 0.469 e. The van der Waals surface area contributed by atoms with Crippen LogP contribution < -0.4 is 43.4 Å². The minimum atomic E-state index is -5.26. The molecule has 8 amide bonds. The van der Waals surface area contributed by atoms with Gasteiger partial charge in [0.1, 0.15) is 42.3 Å². The molecule has 0 spiro atoms. The van der Waals surface area contributed by atoms with Crippen LogP contribution in [0.15, 0.2) is 42.5 Å². The molecule has 4 rings (SSSR count). The number of carbonyl (C=O) groups excluding carboxylic acids is 8. The fourth-order valence-electron chi connectivity index (χ4n) is 7.51. The molecule has 2 aliphatic heterocycles. The predicted octanol–water partition coefficient (Wildman–Crippen LogP) is -1.14. The standard InChI is InChI=1S/C41H60N9O12P/c1-5-22(2)33-40(57)49-34(24(4)62-63(59,60)61)41(58)50-19-9-13-31(50)39(56)47-30(21-25-14-15-26-10-6-7-11-27(26)20-25)38(55)45-28(12-8-18-42)37(54)46-29(16-17-32(43)51)36(53)44-23(3)35(52)48-33/h6-7,10-11,14-15,20,22-24,28-31,33-34H,5,8-9,12-13,16-19,21,42H2,1-4H3,(H2,43,51)(H,44,53)(H,45,55)(H,46,54)(H,47,56)(H,48,52)(H,49,57)(H2,59,60,61)/t22-,23+,24+,28-,29-,30-,31-,33-,34+/m0/s1.